The van der Waals surface area contributed by atoms with Gasteiger partial charge in [0.1, 0.15) is 4.99 Å². The topological polar surface area (TPSA) is 103 Å². The van der Waals surface area contributed by atoms with E-state index in [1.54, 1.807) is 35.1 Å². The lowest BCUT2D eigenvalue weighted by atomic mass is 10.1. The van der Waals surface area contributed by atoms with Gasteiger partial charge in [-0.2, -0.15) is 0 Å². The standard InChI is InChI=1S/C12H15N5O2S2/c13-12(20)11-3-1-2-10(8-11)9-21(18,19)15-5-7-17-6-4-14-16-17/h1-4,6,8,15H,5,7,9H2,(H2,13,20). The van der Waals surface area contributed by atoms with Gasteiger partial charge in [0.2, 0.25) is 10.0 Å². The Bertz CT molecular complexity index is 713. The second kappa shape index (κ2) is 6.74. The van der Waals surface area contributed by atoms with Gasteiger partial charge in [-0.3, -0.25) is 4.68 Å². The average molecular weight is 325 g/mol. The first-order valence-electron chi connectivity index (χ1n) is 6.16. The molecule has 0 aliphatic heterocycles. The quantitative estimate of drug-likeness (QED) is 0.696. The van der Waals surface area contributed by atoms with Crippen LogP contribution in [0.2, 0.25) is 0 Å². The smallest absolute Gasteiger partial charge is 0.215 e. The highest BCUT2D eigenvalue weighted by Gasteiger charge is 2.11. The minimum Gasteiger partial charge on any atom is -0.389 e. The fourth-order valence-corrected chi connectivity index (χ4v) is 3.00. The number of thiocarbonyl (C=S) groups is 1. The number of nitrogens with zero attached hydrogens (tertiary/aromatic N) is 3. The van der Waals surface area contributed by atoms with Crippen LogP contribution < -0.4 is 10.5 Å². The molecular weight excluding hydrogens is 310 g/mol. The fraction of sp³-hybridized carbons (Fsp3) is 0.250. The third-order valence-corrected chi connectivity index (χ3v) is 4.30. The molecule has 0 fully saturated rings. The van der Waals surface area contributed by atoms with Gasteiger partial charge in [-0.1, -0.05) is 35.6 Å². The van der Waals surface area contributed by atoms with Gasteiger partial charge in [0.25, 0.3) is 0 Å². The maximum atomic E-state index is 12.0. The molecule has 0 radical (unpaired) electrons. The van der Waals surface area contributed by atoms with E-state index in [1.807, 2.05) is 0 Å². The molecule has 0 unspecified atom stereocenters. The molecular formula is C12H15N5O2S2. The van der Waals surface area contributed by atoms with E-state index in [-0.39, 0.29) is 17.3 Å². The fourth-order valence-electron chi connectivity index (χ4n) is 1.75. The molecule has 0 spiro atoms. The summed E-state index contributed by atoms with van der Waals surface area (Å²) in [5.74, 6) is -0.124. The summed E-state index contributed by atoms with van der Waals surface area (Å²) in [5, 5.41) is 7.40. The van der Waals surface area contributed by atoms with Crippen molar-refractivity contribution in [3.05, 3.63) is 47.8 Å². The molecule has 7 nitrogen and oxygen atoms in total. The van der Waals surface area contributed by atoms with Crippen molar-refractivity contribution in [2.75, 3.05) is 6.54 Å². The van der Waals surface area contributed by atoms with Gasteiger partial charge in [-0.15, -0.1) is 5.10 Å². The molecule has 0 atom stereocenters. The Morgan fingerprint density at radius 2 is 2.24 bits per heavy atom. The van der Waals surface area contributed by atoms with E-state index in [9.17, 15) is 8.42 Å². The largest absolute Gasteiger partial charge is 0.389 e. The Balaban J connectivity index is 1.94. The predicted octanol–water partition coefficient (Wildman–Crippen LogP) is 0.0319. The van der Waals surface area contributed by atoms with Crippen LogP contribution >= 0.6 is 12.2 Å². The molecule has 1 aromatic carbocycles. The van der Waals surface area contributed by atoms with Crippen molar-refractivity contribution in [3.8, 4) is 0 Å². The summed E-state index contributed by atoms with van der Waals surface area (Å²) < 4.78 is 28.0. The molecule has 0 saturated heterocycles. The summed E-state index contributed by atoms with van der Waals surface area (Å²) in [6.45, 7) is 0.673. The first-order valence-corrected chi connectivity index (χ1v) is 8.22. The summed E-state index contributed by atoms with van der Waals surface area (Å²) in [4.78, 5) is 0.244. The lowest BCUT2D eigenvalue weighted by Crippen LogP contribution is -2.28. The monoisotopic (exact) mass is 325 g/mol. The van der Waals surface area contributed by atoms with Crippen LogP contribution in [0.4, 0.5) is 0 Å². The number of hydrogen-bond acceptors (Lipinski definition) is 5. The minimum atomic E-state index is -3.43. The van der Waals surface area contributed by atoms with E-state index in [4.69, 9.17) is 18.0 Å². The molecule has 0 aliphatic carbocycles. The average Bonchev–Trinajstić information content (AvgIpc) is 2.91. The molecule has 21 heavy (non-hydrogen) atoms. The zero-order valence-electron chi connectivity index (χ0n) is 11.1. The molecule has 0 bridgehead atoms. The zero-order valence-corrected chi connectivity index (χ0v) is 12.8. The van der Waals surface area contributed by atoms with E-state index in [1.165, 1.54) is 6.20 Å². The number of sulfonamides is 1. The van der Waals surface area contributed by atoms with Gasteiger partial charge in [-0.25, -0.2) is 13.1 Å². The number of nitrogens with two attached hydrogens (primary N) is 1. The molecule has 9 heteroatoms. The molecule has 2 rings (SSSR count). The summed E-state index contributed by atoms with van der Waals surface area (Å²) in [5.41, 5.74) is 6.82. The van der Waals surface area contributed by atoms with Gasteiger partial charge in [0.05, 0.1) is 18.5 Å². The summed E-state index contributed by atoms with van der Waals surface area (Å²) in [6.07, 6.45) is 3.20. The minimum absolute atomic E-state index is 0.124. The van der Waals surface area contributed by atoms with Crippen molar-refractivity contribution >= 4 is 27.2 Å². The van der Waals surface area contributed by atoms with E-state index in [0.717, 1.165) is 0 Å². The van der Waals surface area contributed by atoms with Gasteiger partial charge >= 0.3 is 0 Å². The third kappa shape index (κ3) is 4.88. The lowest BCUT2D eigenvalue weighted by molar-refractivity contribution is 0.552. The van der Waals surface area contributed by atoms with Gasteiger partial charge < -0.3 is 5.73 Å². The molecule has 0 amide bonds. The highest BCUT2D eigenvalue weighted by Crippen LogP contribution is 2.08. The van der Waals surface area contributed by atoms with Crippen molar-refractivity contribution < 1.29 is 8.42 Å². The van der Waals surface area contributed by atoms with Crippen LogP contribution in [0.1, 0.15) is 11.1 Å². The van der Waals surface area contributed by atoms with Crippen LogP contribution in [0.3, 0.4) is 0 Å². The second-order valence-corrected chi connectivity index (χ2v) is 6.63. The maximum absolute atomic E-state index is 12.0. The van der Waals surface area contributed by atoms with Gasteiger partial charge in [0.15, 0.2) is 0 Å². The maximum Gasteiger partial charge on any atom is 0.215 e. The lowest BCUT2D eigenvalue weighted by Gasteiger charge is -2.08. The first kappa shape index (κ1) is 15.5. The zero-order chi connectivity index (χ0) is 15.3. The van der Waals surface area contributed by atoms with Gasteiger partial charge in [-0.05, 0) is 11.6 Å². The van der Waals surface area contributed by atoms with Crippen LogP contribution in [-0.4, -0.2) is 34.9 Å². The molecule has 3 N–H and O–H groups in total. The van der Waals surface area contributed by atoms with Crippen LogP contribution in [0.15, 0.2) is 36.7 Å². The van der Waals surface area contributed by atoms with Crippen LogP contribution in [0.5, 0.6) is 0 Å². The Hall–Kier alpha value is -1.84. The van der Waals surface area contributed by atoms with E-state index < -0.39 is 10.0 Å². The van der Waals surface area contributed by atoms with E-state index >= 15 is 0 Å². The number of nitrogens with one attached hydrogen (secondary N) is 1. The molecule has 0 aliphatic rings. The summed E-state index contributed by atoms with van der Waals surface area (Å²) in [7, 11) is -3.43. The van der Waals surface area contributed by atoms with Crippen LogP contribution in [0.25, 0.3) is 0 Å². The molecule has 112 valence electrons. The Morgan fingerprint density at radius 3 is 2.90 bits per heavy atom. The summed E-state index contributed by atoms with van der Waals surface area (Å²) >= 11 is 4.88. The molecule has 2 aromatic rings. The molecule has 0 saturated carbocycles. The van der Waals surface area contributed by atoms with Crippen molar-refractivity contribution in [3.63, 3.8) is 0 Å². The van der Waals surface area contributed by atoms with Crippen molar-refractivity contribution in [2.24, 2.45) is 5.73 Å². The van der Waals surface area contributed by atoms with E-state index in [0.29, 0.717) is 17.7 Å². The van der Waals surface area contributed by atoms with Crippen molar-refractivity contribution in [1.82, 2.24) is 19.7 Å². The Kier molecular flexibility index (Phi) is 4.99. The highest BCUT2D eigenvalue weighted by atomic mass is 32.2. The Morgan fingerprint density at radius 1 is 1.43 bits per heavy atom. The number of benzene rings is 1. The molecule has 1 heterocycles. The Labute approximate surface area is 128 Å². The van der Waals surface area contributed by atoms with Crippen molar-refractivity contribution in [1.29, 1.82) is 0 Å². The number of aromatic nitrogens is 3. The third-order valence-electron chi connectivity index (χ3n) is 2.70. The number of hydrogen-bond donors (Lipinski definition) is 2. The van der Waals surface area contributed by atoms with E-state index in [2.05, 4.69) is 15.0 Å². The first-order chi connectivity index (χ1) is 9.96. The number of rotatable bonds is 7. The second-order valence-electron chi connectivity index (χ2n) is 4.38. The highest BCUT2D eigenvalue weighted by molar-refractivity contribution is 7.88. The molecule has 1 aromatic heterocycles. The van der Waals surface area contributed by atoms with Crippen LogP contribution in [0, 0.1) is 0 Å². The normalized spacial score (nSPS) is 11.4. The SMILES string of the molecule is NC(=S)c1cccc(CS(=O)(=O)NCCn2ccnn2)c1. The van der Waals surface area contributed by atoms with Gasteiger partial charge in [0, 0.05) is 18.3 Å². The van der Waals surface area contributed by atoms with Crippen LogP contribution in [-0.2, 0) is 22.3 Å². The summed E-state index contributed by atoms with van der Waals surface area (Å²) in [6, 6.07) is 6.88. The predicted molar refractivity (Wildman–Crippen MR) is 83.0 cm³/mol. The van der Waals surface area contributed by atoms with Crippen molar-refractivity contribution in [2.45, 2.75) is 12.3 Å².